The average Bonchev–Trinajstić information content (AvgIpc) is 2.69. The zero-order valence-electron chi connectivity index (χ0n) is 9.62. The first-order chi connectivity index (χ1) is 8.16. The van der Waals surface area contributed by atoms with Crippen molar-refractivity contribution < 1.29 is 9.59 Å². The molecule has 0 spiro atoms. The van der Waals surface area contributed by atoms with Gasteiger partial charge in [-0.2, -0.15) is 0 Å². The van der Waals surface area contributed by atoms with Crippen LogP contribution >= 0.6 is 0 Å². The predicted molar refractivity (Wildman–Crippen MR) is 65.4 cm³/mol. The van der Waals surface area contributed by atoms with Gasteiger partial charge in [-0.25, -0.2) is 0 Å². The first kappa shape index (κ1) is 11.4. The van der Waals surface area contributed by atoms with E-state index in [1.165, 1.54) is 6.92 Å². The molecule has 0 saturated carbocycles. The molecular formula is C13H14N2O2. The summed E-state index contributed by atoms with van der Waals surface area (Å²) in [5.41, 5.74) is 2.07. The van der Waals surface area contributed by atoms with Crippen molar-refractivity contribution in [3.63, 3.8) is 0 Å². The summed E-state index contributed by atoms with van der Waals surface area (Å²) in [6.07, 6.45) is 1.82. The van der Waals surface area contributed by atoms with Crippen molar-refractivity contribution in [2.24, 2.45) is 0 Å². The minimum Gasteiger partial charge on any atom is -0.361 e. The van der Waals surface area contributed by atoms with Crippen LogP contribution in [0.4, 0.5) is 0 Å². The van der Waals surface area contributed by atoms with Gasteiger partial charge in [0.25, 0.3) is 0 Å². The summed E-state index contributed by atoms with van der Waals surface area (Å²) in [4.78, 5) is 25.2. The van der Waals surface area contributed by atoms with E-state index in [9.17, 15) is 9.59 Å². The quantitative estimate of drug-likeness (QED) is 0.786. The van der Waals surface area contributed by atoms with E-state index in [-0.39, 0.29) is 18.1 Å². The monoisotopic (exact) mass is 230 g/mol. The summed E-state index contributed by atoms with van der Waals surface area (Å²) < 4.78 is 0. The lowest BCUT2D eigenvalue weighted by molar-refractivity contribution is -0.127. The first-order valence-corrected chi connectivity index (χ1v) is 5.48. The van der Waals surface area contributed by atoms with E-state index in [1.54, 1.807) is 0 Å². The van der Waals surface area contributed by atoms with Crippen LogP contribution in [0.1, 0.15) is 18.9 Å². The summed E-state index contributed by atoms with van der Waals surface area (Å²) >= 11 is 0. The Balaban J connectivity index is 2.04. The Bertz CT molecular complexity index is 557. The first-order valence-electron chi connectivity index (χ1n) is 5.48. The lowest BCUT2D eigenvalue weighted by Crippen LogP contribution is -2.24. The molecular weight excluding hydrogens is 216 g/mol. The molecule has 0 atom stereocenters. The fraction of sp³-hybridized carbons (Fsp3) is 0.231. The highest BCUT2D eigenvalue weighted by Crippen LogP contribution is 2.17. The normalized spacial score (nSPS) is 10.4. The lowest BCUT2D eigenvalue weighted by Gasteiger charge is -2.02. The van der Waals surface area contributed by atoms with Crippen molar-refractivity contribution in [2.45, 2.75) is 19.9 Å². The summed E-state index contributed by atoms with van der Waals surface area (Å²) in [5.74, 6) is -0.357. The van der Waals surface area contributed by atoms with Gasteiger partial charge in [-0.1, -0.05) is 18.2 Å². The Hall–Kier alpha value is -2.10. The van der Waals surface area contributed by atoms with E-state index in [2.05, 4.69) is 10.3 Å². The van der Waals surface area contributed by atoms with E-state index in [1.807, 2.05) is 30.5 Å². The van der Waals surface area contributed by atoms with E-state index < -0.39 is 0 Å². The van der Waals surface area contributed by atoms with Gasteiger partial charge in [-0.15, -0.1) is 0 Å². The Kier molecular flexibility index (Phi) is 3.23. The van der Waals surface area contributed by atoms with Gasteiger partial charge < -0.3 is 10.3 Å². The second kappa shape index (κ2) is 4.82. The molecule has 1 aromatic heterocycles. The number of rotatable bonds is 4. The third kappa shape index (κ3) is 2.72. The molecule has 0 aliphatic heterocycles. The second-order valence-electron chi connectivity index (χ2n) is 4.02. The van der Waals surface area contributed by atoms with Crippen molar-refractivity contribution >= 4 is 22.6 Å². The van der Waals surface area contributed by atoms with Gasteiger partial charge in [0.05, 0.1) is 6.42 Å². The number of fused-ring (bicyclic) bond motifs is 1. The lowest BCUT2D eigenvalue weighted by atomic mass is 10.2. The number of H-pyrrole nitrogens is 1. The number of carbonyl (C=O) groups is 2. The number of hydrogen-bond donors (Lipinski definition) is 2. The van der Waals surface area contributed by atoms with Crippen molar-refractivity contribution in [1.29, 1.82) is 0 Å². The SMILES string of the molecule is CC(=O)CC(=O)NCc1c[nH]c2ccccc12. The standard InChI is InChI=1S/C13H14N2O2/c1-9(16)6-13(17)15-8-10-7-14-12-5-3-2-4-11(10)12/h2-5,7,14H,6,8H2,1H3,(H,15,17). The molecule has 1 heterocycles. The molecule has 2 aromatic rings. The predicted octanol–water partition coefficient (Wildman–Crippen LogP) is 1.76. The van der Waals surface area contributed by atoms with Gasteiger partial charge in [-0.05, 0) is 18.6 Å². The zero-order valence-corrected chi connectivity index (χ0v) is 9.62. The number of amides is 1. The second-order valence-corrected chi connectivity index (χ2v) is 4.02. The fourth-order valence-electron chi connectivity index (χ4n) is 1.76. The van der Waals surface area contributed by atoms with Crippen molar-refractivity contribution in [2.75, 3.05) is 0 Å². The highest BCUT2D eigenvalue weighted by molar-refractivity contribution is 5.96. The van der Waals surface area contributed by atoms with Crippen LogP contribution < -0.4 is 5.32 Å². The van der Waals surface area contributed by atoms with Crippen LogP contribution in [-0.4, -0.2) is 16.7 Å². The largest absolute Gasteiger partial charge is 0.361 e. The highest BCUT2D eigenvalue weighted by atomic mass is 16.2. The Labute approximate surface area is 99.0 Å². The van der Waals surface area contributed by atoms with Gasteiger partial charge in [-0.3, -0.25) is 9.59 Å². The molecule has 1 amide bonds. The molecule has 4 nitrogen and oxygen atoms in total. The molecule has 1 aromatic carbocycles. The Morgan fingerprint density at radius 2 is 2.06 bits per heavy atom. The number of aromatic nitrogens is 1. The van der Waals surface area contributed by atoms with Crippen LogP contribution in [0.2, 0.25) is 0 Å². The maximum Gasteiger partial charge on any atom is 0.227 e. The van der Waals surface area contributed by atoms with Gasteiger partial charge >= 0.3 is 0 Å². The molecule has 2 N–H and O–H groups in total. The Morgan fingerprint density at radius 1 is 1.29 bits per heavy atom. The number of para-hydroxylation sites is 1. The van der Waals surface area contributed by atoms with Gasteiger partial charge in [0, 0.05) is 23.6 Å². The minimum atomic E-state index is -0.234. The molecule has 0 radical (unpaired) electrons. The van der Waals surface area contributed by atoms with Crippen LogP contribution in [-0.2, 0) is 16.1 Å². The molecule has 0 unspecified atom stereocenters. The fourth-order valence-corrected chi connectivity index (χ4v) is 1.76. The van der Waals surface area contributed by atoms with Crippen molar-refractivity contribution in [3.05, 3.63) is 36.0 Å². The number of nitrogens with one attached hydrogen (secondary N) is 2. The number of carbonyl (C=O) groups excluding carboxylic acids is 2. The number of aromatic amines is 1. The Morgan fingerprint density at radius 3 is 2.82 bits per heavy atom. The summed E-state index contributed by atoms with van der Waals surface area (Å²) in [6, 6.07) is 7.89. The molecule has 17 heavy (non-hydrogen) atoms. The van der Waals surface area contributed by atoms with Gasteiger partial charge in [0.1, 0.15) is 5.78 Å². The highest BCUT2D eigenvalue weighted by Gasteiger charge is 2.06. The van der Waals surface area contributed by atoms with Crippen molar-refractivity contribution in [1.82, 2.24) is 10.3 Å². The molecule has 88 valence electrons. The number of Topliss-reactive ketones (excluding diaryl/α,β-unsaturated/α-hetero) is 1. The molecule has 2 rings (SSSR count). The third-order valence-electron chi connectivity index (χ3n) is 2.56. The zero-order chi connectivity index (χ0) is 12.3. The van der Waals surface area contributed by atoms with Gasteiger partial charge in [0.15, 0.2) is 0 Å². The topological polar surface area (TPSA) is 62.0 Å². The van der Waals surface area contributed by atoms with Crippen LogP contribution in [0, 0.1) is 0 Å². The van der Waals surface area contributed by atoms with E-state index >= 15 is 0 Å². The maximum atomic E-state index is 11.3. The number of hydrogen-bond acceptors (Lipinski definition) is 2. The molecule has 0 fully saturated rings. The van der Waals surface area contributed by atoms with E-state index in [4.69, 9.17) is 0 Å². The number of ketones is 1. The third-order valence-corrected chi connectivity index (χ3v) is 2.56. The molecule has 0 aliphatic carbocycles. The summed E-state index contributed by atoms with van der Waals surface area (Å²) in [5, 5.41) is 3.82. The smallest absolute Gasteiger partial charge is 0.227 e. The van der Waals surface area contributed by atoms with Crippen LogP contribution in [0.15, 0.2) is 30.5 Å². The minimum absolute atomic E-state index is 0.0532. The molecule has 0 aliphatic rings. The van der Waals surface area contributed by atoms with Crippen molar-refractivity contribution in [3.8, 4) is 0 Å². The van der Waals surface area contributed by atoms with Crippen LogP contribution in [0.3, 0.4) is 0 Å². The molecule has 0 bridgehead atoms. The maximum absolute atomic E-state index is 11.3. The van der Waals surface area contributed by atoms with Gasteiger partial charge in [0.2, 0.25) is 5.91 Å². The summed E-state index contributed by atoms with van der Waals surface area (Å²) in [6.45, 7) is 1.85. The van der Waals surface area contributed by atoms with Crippen LogP contribution in [0.25, 0.3) is 10.9 Å². The van der Waals surface area contributed by atoms with Crippen LogP contribution in [0.5, 0.6) is 0 Å². The van der Waals surface area contributed by atoms with E-state index in [0.717, 1.165) is 16.5 Å². The molecule has 4 heteroatoms. The molecule has 0 saturated heterocycles. The number of benzene rings is 1. The average molecular weight is 230 g/mol. The summed E-state index contributed by atoms with van der Waals surface area (Å²) in [7, 11) is 0. The van der Waals surface area contributed by atoms with E-state index in [0.29, 0.717) is 6.54 Å².